The van der Waals surface area contributed by atoms with Crippen LogP contribution in [0.5, 0.6) is 11.5 Å². The highest BCUT2D eigenvalue weighted by Crippen LogP contribution is 2.46. The molecule has 2 N–H and O–H groups in total. The number of rotatable bonds is 6. The van der Waals surface area contributed by atoms with E-state index >= 15 is 0 Å². The van der Waals surface area contributed by atoms with Crippen LogP contribution in [0.15, 0.2) is 60.8 Å². The molecule has 8 nitrogen and oxygen atoms in total. The van der Waals surface area contributed by atoms with Gasteiger partial charge in [0, 0.05) is 12.6 Å². The number of nitrogens with zero attached hydrogens (tertiary/aromatic N) is 3. The molecule has 4 aromatic rings. The van der Waals surface area contributed by atoms with E-state index in [0.717, 1.165) is 48.1 Å². The predicted octanol–water partition coefficient (Wildman–Crippen LogP) is 6.46. The number of aryl methyl sites for hydroxylation is 1. The van der Waals surface area contributed by atoms with E-state index in [1.807, 2.05) is 73.1 Å². The molecule has 6 rings (SSSR count). The number of amides is 3. The van der Waals surface area contributed by atoms with Crippen molar-refractivity contribution in [2.75, 3.05) is 17.3 Å². The Hall–Kier alpha value is -4.24. The minimum Gasteiger partial charge on any atom is -0.457 e. The molecule has 1 fully saturated rings. The molecule has 3 heterocycles. The van der Waals surface area contributed by atoms with Crippen molar-refractivity contribution in [2.45, 2.75) is 44.7 Å². The van der Waals surface area contributed by atoms with Crippen molar-refractivity contribution in [3.8, 4) is 11.5 Å². The summed E-state index contributed by atoms with van der Waals surface area (Å²) < 4.78 is 7.92. The van der Waals surface area contributed by atoms with E-state index in [1.165, 1.54) is 11.3 Å². The number of pyridine rings is 1. The monoisotopic (exact) mass is 540 g/mol. The Bertz CT molecular complexity index is 1600. The number of anilines is 3. The summed E-state index contributed by atoms with van der Waals surface area (Å²) in [6, 6.07) is 16.9. The Morgan fingerprint density at radius 3 is 2.69 bits per heavy atom. The number of benzene rings is 2. The Balaban J connectivity index is 1.33. The second-order valence-electron chi connectivity index (χ2n) is 10.1. The quantitative estimate of drug-likeness (QED) is 0.217. The van der Waals surface area contributed by atoms with E-state index in [2.05, 4.69) is 22.3 Å². The van der Waals surface area contributed by atoms with Crippen LogP contribution in [0, 0.1) is 6.92 Å². The summed E-state index contributed by atoms with van der Waals surface area (Å²) in [6.07, 6.45) is 5.78. The molecule has 198 valence electrons. The number of nitrogens with one attached hydrogen (secondary N) is 2. The van der Waals surface area contributed by atoms with Crippen molar-refractivity contribution in [2.24, 2.45) is 0 Å². The van der Waals surface area contributed by atoms with Crippen LogP contribution in [0.25, 0.3) is 10.2 Å². The maximum atomic E-state index is 13.6. The molecular formula is C30H30N5O3S+. The van der Waals surface area contributed by atoms with Crippen LogP contribution in [-0.4, -0.2) is 47.3 Å². The zero-order chi connectivity index (χ0) is 27.1. The molecule has 2 aliphatic rings. The number of carbonyl (C=O) groups is 2. The van der Waals surface area contributed by atoms with Crippen molar-refractivity contribution in [3.63, 3.8) is 0 Å². The highest BCUT2D eigenvalue weighted by Gasteiger charge is 2.36. The lowest BCUT2D eigenvalue weighted by atomic mass is 9.90. The number of carbonyl (C=O) groups excluding carboxylic acids is 2. The van der Waals surface area contributed by atoms with Gasteiger partial charge in [-0.25, -0.2) is 14.4 Å². The fourth-order valence-electron chi connectivity index (χ4n) is 5.59. The van der Waals surface area contributed by atoms with Gasteiger partial charge in [-0.15, -0.1) is 11.3 Å². The van der Waals surface area contributed by atoms with Crippen LogP contribution >= 0.6 is 11.3 Å². The number of para-hydroxylation sites is 1. The largest absolute Gasteiger partial charge is 0.457 e. The van der Waals surface area contributed by atoms with E-state index in [1.54, 1.807) is 11.1 Å². The van der Waals surface area contributed by atoms with E-state index in [4.69, 9.17) is 4.74 Å². The highest BCUT2D eigenvalue weighted by molar-refractivity contribution is 7.21. The Morgan fingerprint density at radius 2 is 1.92 bits per heavy atom. The van der Waals surface area contributed by atoms with E-state index in [9.17, 15) is 9.59 Å². The first-order chi connectivity index (χ1) is 18.9. The molecule has 1 saturated carbocycles. The van der Waals surface area contributed by atoms with Crippen LogP contribution in [-0.2, 0) is 0 Å². The molecule has 2 atom stereocenters. The van der Waals surface area contributed by atoms with Crippen LogP contribution in [0.1, 0.15) is 40.9 Å². The van der Waals surface area contributed by atoms with Gasteiger partial charge in [0.15, 0.2) is 6.04 Å². The second kappa shape index (κ2) is 10.1. The van der Waals surface area contributed by atoms with Crippen LogP contribution in [0.4, 0.5) is 21.9 Å². The average Bonchev–Trinajstić information content (AvgIpc) is 3.30. The van der Waals surface area contributed by atoms with Crippen molar-refractivity contribution in [1.29, 1.82) is 0 Å². The first-order valence-corrected chi connectivity index (χ1v) is 13.9. The van der Waals surface area contributed by atoms with Gasteiger partial charge in [-0.1, -0.05) is 24.6 Å². The van der Waals surface area contributed by atoms with E-state index in [0.29, 0.717) is 26.8 Å². The number of hydrogen-bond acceptors (Lipinski definition) is 5. The third-order valence-corrected chi connectivity index (χ3v) is 8.55. The molecule has 0 radical (unpaired) electrons. The smallest absolute Gasteiger partial charge is 0.331 e. The molecule has 1 aliphatic heterocycles. The van der Waals surface area contributed by atoms with Gasteiger partial charge in [0.2, 0.25) is 0 Å². The first-order valence-electron chi connectivity index (χ1n) is 13.1. The fourth-order valence-corrected chi connectivity index (χ4v) is 6.61. The van der Waals surface area contributed by atoms with Crippen molar-refractivity contribution < 1.29 is 18.9 Å². The number of urea groups is 1. The third kappa shape index (κ3) is 4.63. The first kappa shape index (κ1) is 25.1. The molecule has 3 amide bonds. The van der Waals surface area contributed by atoms with Gasteiger partial charge in [-0.05, 0) is 61.7 Å². The normalized spacial score (nSPS) is 18.5. The molecular weight excluding hydrogens is 510 g/mol. The SMILES string of the molecule is C=[N+](C)[C@@H]1CCCC[C@@H]1NC(=O)c1sc2nccc3c2c1NC(=O)N3c1ccc(Oc2ccccc2)cc1C. The van der Waals surface area contributed by atoms with Crippen molar-refractivity contribution in [1.82, 2.24) is 10.3 Å². The molecule has 2 aromatic carbocycles. The summed E-state index contributed by atoms with van der Waals surface area (Å²) in [5.41, 5.74) is 2.82. The zero-order valence-electron chi connectivity index (χ0n) is 21.9. The summed E-state index contributed by atoms with van der Waals surface area (Å²) in [4.78, 5) is 34.4. The predicted molar refractivity (Wildman–Crippen MR) is 155 cm³/mol. The summed E-state index contributed by atoms with van der Waals surface area (Å²) in [5.74, 6) is 1.24. The second-order valence-corrected chi connectivity index (χ2v) is 11.1. The third-order valence-electron chi connectivity index (χ3n) is 7.45. The number of hydrogen-bond donors (Lipinski definition) is 2. The summed E-state index contributed by atoms with van der Waals surface area (Å²) in [6.45, 7) is 6.01. The zero-order valence-corrected chi connectivity index (χ0v) is 22.8. The Kier molecular flexibility index (Phi) is 6.52. The van der Waals surface area contributed by atoms with Crippen molar-refractivity contribution in [3.05, 3.63) is 71.2 Å². The van der Waals surface area contributed by atoms with Gasteiger partial charge in [0.1, 0.15) is 35.0 Å². The molecule has 0 bridgehead atoms. The molecule has 39 heavy (non-hydrogen) atoms. The topological polar surface area (TPSA) is 86.6 Å². The van der Waals surface area contributed by atoms with Gasteiger partial charge in [-0.2, -0.15) is 0 Å². The molecule has 0 saturated heterocycles. The van der Waals surface area contributed by atoms with Crippen LogP contribution < -0.4 is 20.3 Å². The van der Waals surface area contributed by atoms with Gasteiger partial charge in [0.05, 0.1) is 28.5 Å². The maximum absolute atomic E-state index is 13.6. The Morgan fingerprint density at radius 1 is 1.13 bits per heavy atom. The minimum atomic E-state index is -0.324. The number of likely N-dealkylation sites (N-methyl/N-ethyl adjacent to an activating group) is 1. The Labute approximate surface area is 230 Å². The number of thiophene rings is 1. The van der Waals surface area contributed by atoms with Crippen LogP contribution in [0.3, 0.4) is 0 Å². The summed E-state index contributed by atoms with van der Waals surface area (Å²) >= 11 is 1.30. The standard InChI is InChI=1S/C30H29N5O3S/c1-18-17-20(38-19-9-5-4-6-10-19)13-14-22(18)35-24-15-16-31-29-25(24)26(33-30(35)37)27(39-29)28(36)32-21-11-7-8-12-23(21)34(2)3/h4-6,9-10,13-17,21,23H,2,7-8,11-12H2,1,3H3,(H-,32,33,36,37)/p+1/t21-,23+/m0/s1. The molecule has 0 unspecified atom stereocenters. The van der Waals surface area contributed by atoms with E-state index < -0.39 is 0 Å². The van der Waals surface area contributed by atoms with Gasteiger partial charge >= 0.3 is 6.03 Å². The van der Waals surface area contributed by atoms with Gasteiger partial charge < -0.3 is 15.4 Å². The molecule has 9 heteroatoms. The molecule has 2 aromatic heterocycles. The lowest BCUT2D eigenvalue weighted by Crippen LogP contribution is -2.49. The number of ether oxygens (including phenoxy) is 1. The average molecular weight is 541 g/mol. The highest BCUT2D eigenvalue weighted by atomic mass is 32.1. The lowest BCUT2D eigenvalue weighted by molar-refractivity contribution is -0.537. The van der Waals surface area contributed by atoms with Gasteiger partial charge in [-0.3, -0.25) is 9.69 Å². The minimum absolute atomic E-state index is 0.00801. The fraction of sp³-hybridized carbons (Fsp3) is 0.267. The lowest BCUT2D eigenvalue weighted by Gasteiger charge is -2.30. The van der Waals surface area contributed by atoms with Gasteiger partial charge in [0.25, 0.3) is 5.91 Å². The maximum Gasteiger partial charge on any atom is 0.331 e. The summed E-state index contributed by atoms with van der Waals surface area (Å²) in [7, 11) is 1.95. The molecule has 1 aliphatic carbocycles. The van der Waals surface area contributed by atoms with E-state index in [-0.39, 0.29) is 24.0 Å². The molecule has 0 spiro atoms. The van der Waals surface area contributed by atoms with Crippen LogP contribution in [0.2, 0.25) is 0 Å². The van der Waals surface area contributed by atoms with Crippen molar-refractivity contribution >= 4 is 57.3 Å². The summed E-state index contributed by atoms with van der Waals surface area (Å²) in [5, 5.41) is 6.99. The number of aromatic nitrogens is 1.